The predicted octanol–water partition coefficient (Wildman–Crippen LogP) is 2.09. The zero-order chi connectivity index (χ0) is 14.7. The minimum atomic E-state index is 0.109. The van der Waals surface area contributed by atoms with E-state index < -0.39 is 0 Å². The smallest absolute Gasteiger partial charge is 0.254 e. The Morgan fingerprint density at radius 3 is 2.50 bits per heavy atom. The van der Waals surface area contributed by atoms with Crippen LogP contribution in [0.2, 0.25) is 0 Å². The molecule has 0 radical (unpaired) electrons. The van der Waals surface area contributed by atoms with Crippen LogP contribution < -0.4 is 10.6 Å². The lowest BCUT2D eigenvalue weighted by Gasteiger charge is -2.40. The number of anilines is 1. The Bertz CT molecular complexity index is 455. The van der Waals surface area contributed by atoms with E-state index >= 15 is 0 Å². The first-order chi connectivity index (χ1) is 9.54. The Labute approximate surface area is 121 Å². The minimum Gasteiger partial charge on any atom is -0.378 e. The van der Waals surface area contributed by atoms with Crippen LogP contribution in [0.15, 0.2) is 24.3 Å². The molecule has 1 saturated heterocycles. The molecule has 1 aliphatic heterocycles. The van der Waals surface area contributed by atoms with Gasteiger partial charge in [-0.25, -0.2) is 0 Å². The molecule has 4 nitrogen and oxygen atoms in total. The van der Waals surface area contributed by atoms with Gasteiger partial charge in [0.2, 0.25) is 0 Å². The highest BCUT2D eigenvalue weighted by molar-refractivity contribution is 5.95. The van der Waals surface area contributed by atoms with Crippen LogP contribution in [0.1, 0.15) is 36.5 Å². The van der Waals surface area contributed by atoms with Crippen molar-refractivity contribution in [3.05, 3.63) is 29.8 Å². The first-order valence-electron chi connectivity index (χ1n) is 7.34. The molecule has 0 saturated carbocycles. The molecule has 0 spiro atoms. The topological polar surface area (TPSA) is 49.6 Å². The van der Waals surface area contributed by atoms with Crippen molar-refractivity contribution in [3.63, 3.8) is 0 Å². The van der Waals surface area contributed by atoms with Crippen LogP contribution >= 0.6 is 0 Å². The van der Waals surface area contributed by atoms with Crippen molar-refractivity contribution in [3.8, 4) is 0 Å². The van der Waals surface area contributed by atoms with Gasteiger partial charge in [0.25, 0.3) is 5.91 Å². The van der Waals surface area contributed by atoms with Gasteiger partial charge in [0, 0.05) is 44.0 Å². The summed E-state index contributed by atoms with van der Waals surface area (Å²) in [4.78, 5) is 16.7. The van der Waals surface area contributed by atoms with Crippen LogP contribution in [0.5, 0.6) is 0 Å². The number of hydrogen-bond donors (Lipinski definition) is 1. The van der Waals surface area contributed by atoms with Gasteiger partial charge in [-0.3, -0.25) is 4.79 Å². The van der Waals surface area contributed by atoms with Crippen LogP contribution in [0.3, 0.4) is 0 Å². The van der Waals surface area contributed by atoms with Gasteiger partial charge in [-0.2, -0.15) is 0 Å². The first-order valence-corrected chi connectivity index (χ1v) is 7.34. The quantitative estimate of drug-likeness (QED) is 0.919. The Morgan fingerprint density at radius 1 is 1.30 bits per heavy atom. The van der Waals surface area contributed by atoms with Gasteiger partial charge >= 0.3 is 0 Å². The lowest BCUT2D eigenvalue weighted by Crippen LogP contribution is -2.51. The average molecular weight is 275 g/mol. The molecule has 1 aromatic carbocycles. The fourth-order valence-corrected chi connectivity index (χ4v) is 2.94. The average Bonchev–Trinajstić information content (AvgIpc) is 2.46. The number of carbonyl (C=O) groups excluding carboxylic acids is 1. The zero-order valence-electron chi connectivity index (χ0n) is 12.7. The fourth-order valence-electron chi connectivity index (χ4n) is 2.94. The monoisotopic (exact) mass is 275 g/mol. The molecule has 0 aliphatic carbocycles. The molecule has 1 aliphatic rings. The molecule has 2 unspecified atom stereocenters. The number of carbonyl (C=O) groups is 1. The maximum atomic E-state index is 12.7. The lowest BCUT2D eigenvalue weighted by atomic mass is 9.95. The van der Waals surface area contributed by atoms with Gasteiger partial charge in [0.15, 0.2) is 0 Å². The van der Waals surface area contributed by atoms with E-state index in [0.29, 0.717) is 6.54 Å². The highest BCUT2D eigenvalue weighted by atomic mass is 16.2. The van der Waals surface area contributed by atoms with Crippen molar-refractivity contribution in [1.82, 2.24) is 4.90 Å². The van der Waals surface area contributed by atoms with Crippen LogP contribution in [0.4, 0.5) is 5.69 Å². The lowest BCUT2D eigenvalue weighted by molar-refractivity contribution is 0.0494. The Balaban J connectivity index is 2.20. The van der Waals surface area contributed by atoms with Crippen LogP contribution in [0, 0.1) is 0 Å². The van der Waals surface area contributed by atoms with Gasteiger partial charge < -0.3 is 15.5 Å². The number of nitrogens with two attached hydrogens (primary N) is 1. The highest BCUT2D eigenvalue weighted by Gasteiger charge is 2.31. The second-order valence-electron chi connectivity index (χ2n) is 5.82. The summed E-state index contributed by atoms with van der Waals surface area (Å²) in [7, 11) is 3.99. The summed E-state index contributed by atoms with van der Waals surface area (Å²) in [5.41, 5.74) is 7.69. The summed E-state index contributed by atoms with van der Waals surface area (Å²) in [6, 6.07) is 8.25. The van der Waals surface area contributed by atoms with Gasteiger partial charge in [-0.1, -0.05) is 0 Å². The first kappa shape index (κ1) is 14.9. The number of likely N-dealkylation sites (tertiary alicyclic amines) is 1. The van der Waals surface area contributed by atoms with Gasteiger partial charge in [-0.05, 0) is 50.5 Å². The van der Waals surface area contributed by atoms with Crippen molar-refractivity contribution >= 4 is 11.6 Å². The van der Waals surface area contributed by atoms with E-state index in [2.05, 4.69) is 6.92 Å². The predicted molar refractivity (Wildman–Crippen MR) is 83.1 cm³/mol. The number of amides is 1. The van der Waals surface area contributed by atoms with E-state index in [-0.39, 0.29) is 18.0 Å². The molecule has 4 heteroatoms. The summed E-state index contributed by atoms with van der Waals surface area (Å²) in [6.07, 6.45) is 3.24. The maximum Gasteiger partial charge on any atom is 0.254 e. The normalized spacial score (nSPS) is 22.7. The minimum absolute atomic E-state index is 0.109. The van der Waals surface area contributed by atoms with Gasteiger partial charge in [-0.15, -0.1) is 0 Å². The highest BCUT2D eigenvalue weighted by Crippen LogP contribution is 2.25. The summed E-state index contributed by atoms with van der Waals surface area (Å²) in [5.74, 6) is 0.109. The fraction of sp³-hybridized carbons (Fsp3) is 0.562. The van der Waals surface area contributed by atoms with Gasteiger partial charge in [0.1, 0.15) is 0 Å². The van der Waals surface area contributed by atoms with E-state index in [1.54, 1.807) is 0 Å². The number of rotatable bonds is 3. The second kappa shape index (κ2) is 6.27. The zero-order valence-corrected chi connectivity index (χ0v) is 12.7. The third-order valence-electron chi connectivity index (χ3n) is 4.16. The summed E-state index contributed by atoms with van der Waals surface area (Å²) < 4.78 is 0. The van der Waals surface area contributed by atoms with E-state index in [0.717, 1.165) is 30.5 Å². The number of benzene rings is 1. The molecule has 0 aromatic heterocycles. The summed E-state index contributed by atoms with van der Waals surface area (Å²) in [5, 5.41) is 0. The van der Waals surface area contributed by atoms with Crippen LogP contribution in [-0.2, 0) is 0 Å². The molecule has 2 N–H and O–H groups in total. The standard InChI is InChI=1S/C16H25N3O/c1-12-5-4-6-15(11-17)19(12)16(20)13-7-9-14(10-8-13)18(2)3/h7-10,12,15H,4-6,11,17H2,1-3H3. The Hall–Kier alpha value is -1.55. The van der Waals surface area contributed by atoms with E-state index in [4.69, 9.17) is 5.73 Å². The second-order valence-corrected chi connectivity index (χ2v) is 5.82. The summed E-state index contributed by atoms with van der Waals surface area (Å²) >= 11 is 0. The number of hydrogen-bond acceptors (Lipinski definition) is 3. The largest absolute Gasteiger partial charge is 0.378 e. The molecule has 110 valence electrons. The molecular formula is C16H25N3O. The van der Waals surface area contributed by atoms with Crippen LogP contribution in [-0.4, -0.2) is 43.5 Å². The molecule has 2 rings (SSSR count). The SMILES string of the molecule is CC1CCCC(CN)N1C(=O)c1ccc(N(C)C)cc1. The number of piperidine rings is 1. The number of nitrogens with zero attached hydrogens (tertiary/aromatic N) is 2. The summed E-state index contributed by atoms with van der Waals surface area (Å²) in [6.45, 7) is 2.67. The maximum absolute atomic E-state index is 12.7. The molecule has 1 fully saturated rings. The van der Waals surface area contributed by atoms with Crippen molar-refractivity contribution in [2.24, 2.45) is 5.73 Å². The Kier molecular flexibility index (Phi) is 4.65. The van der Waals surface area contributed by atoms with E-state index in [9.17, 15) is 4.79 Å². The molecule has 2 atom stereocenters. The third-order valence-corrected chi connectivity index (χ3v) is 4.16. The molecular weight excluding hydrogens is 250 g/mol. The molecule has 1 amide bonds. The molecule has 20 heavy (non-hydrogen) atoms. The van der Waals surface area contributed by atoms with Crippen LogP contribution in [0.25, 0.3) is 0 Å². The third kappa shape index (κ3) is 2.96. The van der Waals surface area contributed by atoms with Crippen molar-refractivity contribution in [2.75, 3.05) is 25.5 Å². The van der Waals surface area contributed by atoms with Gasteiger partial charge in [0.05, 0.1) is 0 Å². The van der Waals surface area contributed by atoms with Crippen molar-refractivity contribution in [2.45, 2.75) is 38.3 Å². The molecule has 1 aromatic rings. The molecule has 1 heterocycles. The Morgan fingerprint density at radius 2 is 1.95 bits per heavy atom. The van der Waals surface area contributed by atoms with Crippen molar-refractivity contribution < 1.29 is 4.79 Å². The van der Waals surface area contributed by atoms with Crippen molar-refractivity contribution in [1.29, 1.82) is 0 Å². The molecule has 0 bridgehead atoms. The van der Waals surface area contributed by atoms with E-state index in [1.807, 2.05) is 48.2 Å². The van der Waals surface area contributed by atoms with E-state index in [1.165, 1.54) is 0 Å².